The smallest absolute Gasteiger partial charge is 0.325 e. The van der Waals surface area contributed by atoms with E-state index in [1.807, 2.05) is 31.2 Å². The maximum atomic E-state index is 11.8. The summed E-state index contributed by atoms with van der Waals surface area (Å²) in [5, 5.41) is 3.25. The number of carbonyl (C=O) groups is 1. The summed E-state index contributed by atoms with van der Waals surface area (Å²) >= 11 is 0. The fourth-order valence-electron chi connectivity index (χ4n) is 2.59. The van der Waals surface area contributed by atoms with Crippen LogP contribution >= 0.6 is 0 Å². The molecule has 1 aliphatic heterocycles. The molecule has 0 amide bonds. The van der Waals surface area contributed by atoms with E-state index in [-0.39, 0.29) is 11.9 Å². The van der Waals surface area contributed by atoms with Gasteiger partial charge >= 0.3 is 5.97 Å². The van der Waals surface area contributed by atoms with Gasteiger partial charge in [0.2, 0.25) is 0 Å². The number of para-hydroxylation sites is 1. The molecule has 1 aromatic carbocycles. The number of ether oxygens (including phenoxy) is 2. The lowest BCUT2D eigenvalue weighted by Gasteiger charge is -2.21. The summed E-state index contributed by atoms with van der Waals surface area (Å²) in [5.74, 6) is 0.934. The Kier molecular flexibility index (Phi) is 3.57. The first kappa shape index (κ1) is 12.9. The van der Waals surface area contributed by atoms with Gasteiger partial charge in [-0.2, -0.15) is 0 Å². The van der Waals surface area contributed by atoms with Gasteiger partial charge in [0, 0.05) is 12.5 Å². The molecule has 0 radical (unpaired) electrons. The fraction of sp³-hybridized carbons (Fsp3) is 0.500. The molecule has 0 bridgehead atoms. The minimum Gasteiger partial charge on any atom is -0.496 e. The SMILES string of the molecule is COC(=O)C1(C)CC(c2ccccc2OC)CN1. The van der Waals surface area contributed by atoms with E-state index in [0.29, 0.717) is 0 Å². The molecular formula is C14H19NO3. The van der Waals surface area contributed by atoms with Crippen LogP contribution in [0.15, 0.2) is 24.3 Å². The monoisotopic (exact) mass is 249 g/mol. The Morgan fingerprint density at radius 1 is 1.39 bits per heavy atom. The lowest BCUT2D eigenvalue weighted by Crippen LogP contribution is -2.45. The molecule has 1 aromatic rings. The zero-order chi connectivity index (χ0) is 13.2. The second kappa shape index (κ2) is 4.98. The van der Waals surface area contributed by atoms with Gasteiger partial charge in [-0.25, -0.2) is 0 Å². The van der Waals surface area contributed by atoms with Gasteiger partial charge in [0.05, 0.1) is 14.2 Å². The number of nitrogens with one attached hydrogen (secondary N) is 1. The predicted octanol–water partition coefficient (Wildman–Crippen LogP) is 1.70. The maximum absolute atomic E-state index is 11.8. The second-order valence-electron chi connectivity index (χ2n) is 4.85. The highest BCUT2D eigenvalue weighted by atomic mass is 16.5. The Morgan fingerprint density at radius 3 is 2.78 bits per heavy atom. The summed E-state index contributed by atoms with van der Waals surface area (Å²) < 4.78 is 10.2. The average Bonchev–Trinajstić information content (AvgIpc) is 2.81. The Hall–Kier alpha value is -1.55. The molecule has 1 aliphatic rings. The molecule has 18 heavy (non-hydrogen) atoms. The summed E-state index contributed by atoms with van der Waals surface area (Å²) in [7, 11) is 3.09. The number of rotatable bonds is 3. The van der Waals surface area contributed by atoms with E-state index in [4.69, 9.17) is 9.47 Å². The normalized spacial score (nSPS) is 26.9. The van der Waals surface area contributed by atoms with E-state index < -0.39 is 5.54 Å². The third-order valence-corrected chi connectivity index (χ3v) is 3.61. The van der Waals surface area contributed by atoms with E-state index in [1.54, 1.807) is 7.11 Å². The zero-order valence-corrected chi connectivity index (χ0v) is 11.0. The van der Waals surface area contributed by atoms with Crippen LogP contribution < -0.4 is 10.1 Å². The van der Waals surface area contributed by atoms with Crippen LogP contribution in [0, 0.1) is 0 Å². The molecule has 4 heteroatoms. The summed E-state index contributed by atoms with van der Waals surface area (Å²) in [6.45, 7) is 2.64. The Bertz CT molecular complexity index is 446. The van der Waals surface area contributed by atoms with Crippen molar-refractivity contribution in [2.24, 2.45) is 0 Å². The van der Waals surface area contributed by atoms with Crippen molar-refractivity contribution in [2.45, 2.75) is 24.8 Å². The molecule has 98 valence electrons. The third-order valence-electron chi connectivity index (χ3n) is 3.61. The van der Waals surface area contributed by atoms with Crippen LogP contribution in [-0.4, -0.2) is 32.3 Å². The summed E-state index contributed by atoms with van der Waals surface area (Å²) in [5.41, 5.74) is 0.542. The number of hydrogen-bond donors (Lipinski definition) is 1. The highest BCUT2D eigenvalue weighted by Gasteiger charge is 2.42. The molecule has 2 rings (SSSR count). The molecule has 2 atom stereocenters. The average molecular weight is 249 g/mol. The van der Waals surface area contributed by atoms with Gasteiger partial charge in [0.1, 0.15) is 11.3 Å². The fourth-order valence-corrected chi connectivity index (χ4v) is 2.59. The zero-order valence-electron chi connectivity index (χ0n) is 11.0. The molecule has 1 saturated heterocycles. The van der Waals surface area contributed by atoms with Crippen molar-refractivity contribution in [3.8, 4) is 5.75 Å². The quantitative estimate of drug-likeness (QED) is 0.828. The van der Waals surface area contributed by atoms with Gasteiger partial charge in [-0.05, 0) is 25.0 Å². The molecule has 0 spiro atoms. The van der Waals surface area contributed by atoms with Crippen molar-refractivity contribution < 1.29 is 14.3 Å². The molecule has 0 saturated carbocycles. The molecule has 4 nitrogen and oxygen atoms in total. The molecule has 2 unspecified atom stereocenters. The summed E-state index contributed by atoms with van der Waals surface area (Å²) in [4.78, 5) is 11.8. The van der Waals surface area contributed by atoms with E-state index in [2.05, 4.69) is 5.32 Å². The van der Waals surface area contributed by atoms with Gasteiger partial charge in [0.25, 0.3) is 0 Å². The van der Waals surface area contributed by atoms with Crippen LogP contribution in [0.1, 0.15) is 24.8 Å². The largest absolute Gasteiger partial charge is 0.496 e. The highest BCUT2D eigenvalue weighted by molar-refractivity contribution is 5.81. The topological polar surface area (TPSA) is 47.6 Å². The second-order valence-corrected chi connectivity index (χ2v) is 4.85. The van der Waals surface area contributed by atoms with Crippen molar-refractivity contribution in [2.75, 3.05) is 20.8 Å². The Morgan fingerprint density at radius 2 is 2.11 bits per heavy atom. The molecular weight excluding hydrogens is 230 g/mol. The van der Waals surface area contributed by atoms with Crippen LogP contribution in [-0.2, 0) is 9.53 Å². The first-order chi connectivity index (χ1) is 8.60. The number of benzene rings is 1. The minimum absolute atomic E-state index is 0.208. The molecule has 0 aromatic heterocycles. The summed E-state index contributed by atoms with van der Waals surface area (Å²) in [6, 6.07) is 7.94. The third kappa shape index (κ3) is 2.20. The van der Waals surface area contributed by atoms with Gasteiger partial charge in [-0.1, -0.05) is 18.2 Å². The van der Waals surface area contributed by atoms with Crippen LogP contribution in [0.4, 0.5) is 0 Å². The minimum atomic E-state index is -0.597. The van der Waals surface area contributed by atoms with Crippen LogP contribution in [0.2, 0.25) is 0 Å². The van der Waals surface area contributed by atoms with Gasteiger partial charge in [-0.3, -0.25) is 4.79 Å². The van der Waals surface area contributed by atoms with Crippen LogP contribution in [0.25, 0.3) is 0 Å². The van der Waals surface area contributed by atoms with Crippen molar-refractivity contribution in [1.29, 1.82) is 0 Å². The number of methoxy groups -OCH3 is 2. The standard InChI is InChI=1S/C14H19NO3/c1-14(13(16)18-3)8-10(9-15-14)11-6-4-5-7-12(11)17-2/h4-7,10,15H,8-9H2,1-3H3. The maximum Gasteiger partial charge on any atom is 0.325 e. The number of esters is 1. The lowest BCUT2D eigenvalue weighted by atomic mass is 9.89. The molecule has 1 fully saturated rings. The number of carbonyl (C=O) groups excluding carboxylic acids is 1. The van der Waals surface area contributed by atoms with Crippen molar-refractivity contribution in [3.63, 3.8) is 0 Å². The van der Waals surface area contributed by atoms with E-state index in [9.17, 15) is 4.79 Å². The molecule has 1 N–H and O–H groups in total. The summed E-state index contributed by atoms with van der Waals surface area (Å²) in [6.07, 6.45) is 0.722. The van der Waals surface area contributed by atoms with Gasteiger partial charge < -0.3 is 14.8 Å². The van der Waals surface area contributed by atoms with Gasteiger partial charge in [-0.15, -0.1) is 0 Å². The first-order valence-corrected chi connectivity index (χ1v) is 6.07. The Labute approximate surface area is 107 Å². The molecule has 1 heterocycles. The van der Waals surface area contributed by atoms with Crippen LogP contribution in [0.5, 0.6) is 5.75 Å². The van der Waals surface area contributed by atoms with E-state index in [1.165, 1.54) is 7.11 Å². The highest BCUT2D eigenvalue weighted by Crippen LogP contribution is 2.36. The Balaban J connectivity index is 2.20. The van der Waals surface area contributed by atoms with E-state index in [0.717, 1.165) is 24.3 Å². The molecule has 0 aliphatic carbocycles. The van der Waals surface area contributed by atoms with Gasteiger partial charge in [0.15, 0.2) is 0 Å². The van der Waals surface area contributed by atoms with Crippen molar-refractivity contribution >= 4 is 5.97 Å². The van der Waals surface area contributed by atoms with Crippen LogP contribution in [0.3, 0.4) is 0 Å². The van der Waals surface area contributed by atoms with E-state index >= 15 is 0 Å². The predicted molar refractivity (Wildman–Crippen MR) is 68.8 cm³/mol. The van der Waals surface area contributed by atoms with Crippen molar-refractivity contribution in [3.05, 3.63) is 29.8 Å². The lowest BCUT2D eigenvalue weighted by molar-refractivity contribution is -0.147. The van der Waals surface area contributed by atoms with Crippen molar-refractivity contribution in [1.82, 2.24) is 5.32 Å². The number of hydrogen-bond acceptors (Lipinski definition) is 4. The first-order valence-electron chi connectivity index (χ1n) is 6.07.